The molecular weight excluding hydrogens is 358 g/mol. The summed E-state index contributed by atoms with van der Waals surface area (Å²) in [5.41, 5.74) is -0.585. The van der Waals surface area contributed by atoms with Gasteiger partial charge in [0.25, 0.3) is 0 Å². The number of carbonyl (C=O) groups is 3. The van der Waals surface area contributed by atoms with Gasteiger partial charge in [0.05, 0.1) is 17.3 Å². The monoisotopic (exact) mass is 389 g/mol. The fourth-order valence-corrected chi connectivity index (χ4v) is 4.48. The lowest BCUT2D eigenvalue weighted by Gasteiger charge is -2.25. The molecule has 0 aromatic heterocycles. The minimum atomic E-state index is -0.585. The molecule has 3 amide bonds. The molecule has 2 fully saturated rings. The molecule has 4 atom stereocenters. The van der Waals surface area contributed by atoms with Crippen molar-refractivity contribution in [2.45, 2.75) is 27.2 Å². The number of hydrogen-bond donors (Lipinski definition) is 3. The average molecular weight is 390 g/mol. The fourth-order valence-electron chi connectivity index (χ4n) is 4.48. The van der Waals surface area contributed by atoms with Gasteiger partial charge in [-0.1, -0.05) is 12.2 Å². The Bertz CT molecular complexity index is 685. The SMILES string of the molecule is CCNC(=O)C(C)(C)CNC(=NC)NCCN1C(=O)C2C3C=CC(C3)C2C1=O. The van der Waals surface area contributed by atoms with Gasteiger partial charge in [0.15, 0.2) is 5.96 Å². The topological polar surface area (TPSA) is 103 Å². The molecule has 1 saturated heterocycles. The van der Waals surface area contributed by atoms with Crippen molar-refractivity contribution in [3.05, 3.63) is 12.2 Å². The van der Waals surface area contributed by atoms with Crippen LogP contribution in [-0.2, 0) is 14.4 Å². The molecule has 0 spiro atoms. The van der Waals surface area contributed by atoms with Gasteiger partial charge in [-0.05, 0) is 39.0 Å². The summed E-state index contributed by atoms with van der Waals surface area (Å²) < 4.78 is 0. The van der Waals surface area contributed by atoms with Gasteiger partial charge in [-0.3, -0.25) is 24.3 Å². The van der Waals surface area contributed by atoms with E-state index in [1.165, 1.54) is 4.90 Å². The first kappa shape index (κ1) is 20.4. The minimum Gasteiger partial charge on any atom is -0.356 e. The highest BCUT2D eigenvalue weighted by Gasteiger charge is 2.58. The normalized spacial score (nSPS) is 28.7. The van der Waals surface area contributed by atoms with Crippen LogP contribution < -0.4 is 16.0 Å². The van der Waals surface area contributed by atoms with Crippen LogP contribution in [0.2, 0.25) is 0 Å². The Morgan fingerprint density at radius 1 is 1.14 bits per heavy atom. The predicted octanol–water partition coefficient (Wildman–Crippen LogP) is 0.121. The molecule has 3 rings (SSSR count). The van der Waals surface area contributed by atoms with Gasteiger partial charge in [0.1, 0.15) is 0 Å². The molecule has 1 saturated carbocycles. The number of guanidine groups is 1. The van der Waals surface area contributed by atoms with Crippen LogP contribution in [0.3, 0.4) is 0 Å². The summed E-state index contributed by atoms with van der Waals surface area (Å²) in [6.45, 7) is 7.36. The molecule has 3 aliphatic rings. The van der Waals surface area contributed by atoms with Crippen molar-refractivity contribution in [2.24, 2.45) is 34.1 Å². The third-order valence-electron chi connectivity index (χ3n) is 6.06. The summed E-state index contributed by atoms with van der Waals surface area (Å²) >= 11 is 0. The number of likely N-dealkylation sites (tertiary alicyclic amines) is 1. The molecule has 2 bridgehead atoms. The van der Waals surface area contributed by atoms with Crippen LogP contribution >= 0.6 is 0 Å². The molecule has 2 aliphatic carbocycles. The second-order valence-electron chi connectivity index (χ2n) is 8.42. The first-order chi connectivity index (χ1) is 13.3. The van der Waals surface area contributed by atoms with Crippen LogP contribution in [0.15, 0.2) is 17.1 Å². The molecule has 3 N–H and O–H groups in total. The number of hydrogen-bond acceptors (Lipinski definition) is 4. The second kappa shape index (κ2) is 7.93. The highest BCUT2D eigenvalue weighted by Crippen LogP contribution is 2.52. The lowest BCUT2D eigenvalue weighted by molar-refractivity contribution is -0.140. The molecule has 8 heteroatoms. The second-order valence-corrected chi connectivity index (χ2v) is 8.42. The number of aliphatic imine (C=N–C) groups is 1. The van der Waals surface area contributed by atoms with E-state index in [4.69, 9.17) is 0 Å². The Balaban J connectivity index is 1.47. The summed E-state index contributed by atoms with van der Waals surface area (Å²) in [7, 11) is 1.65. The molecule has 1 heterocycles. The molecule has 0 radical (unpaired) electrons. The average Bonchev–Trinajstić information content (AvgIpc) is 3.33. The van der Waals surface area contributed by atoms with Crippen LogP contribution in [0, 0.1) is 29.1 Å². The third kappa shape index (κ3) is 3.64. The maximum Gasteiger partial charge on any atom is 0.233 e. The van der Waals surface area contributed by atoms with Crippen LogP contribution in [0.1, 0.15) is 27.2 Å². The maximum absolute atomic E-state index is 12.7. The van der Waals surface area contributed by atoms with E-state index in [1.807, 2.05) is 20.8 Å². The first-order valence-electron chi connectivity index (χ1n) is 10.1. The lowest BCUT2D eigenvalue weighted by Crippen LogP contribution is -2.49. The molecule has 28 heavy (non-hydrogen) atoms. The summed E-state index contributed by atoms with van der Waals surface area (Å²) in [5.74, 6) is 0.601. The van der Waals surface area contributed by atoms with Gasteiger partial charge in [-0.15, -0.1) is 0 Å². The van der Waals surface area contributed by atoms with Crippen molar-refractivity contribution in [3.63, 3.8) is 0 Å². The van der Waals surface area contributed by atoms with Gasteiger partial charge in [0.2, 0.25) is 17.7 Å². The smallest absolute Gasteiger partial charge is 0.233 e. The zero-order chi connectivity index (χ0) is 20.5. The summed E-state index contributed by atoms with van der Waals surface area (Å²) in [5, 5.41) is 9.09. The molecule has 4 unspecified atom stereocenters. The van der Waals surface area contributed by atoms with Gasteiger partial charge in [-0.25, -0.2) is 0 Å². The van der Waals surface area contributed by atoms with Crippen molar-refractivity contribution in [1.29, 1.82) is 0 Å². The van der Waals surface area contributed by atoms with Crippen molar-refractivity contribution >= 4 is 23.7 Å². The van der Waals surface area contributed by atoms with Crippen molar-refractivity contribution < 1.29 is 14.4 Å². The summed E-state index contributed by atoms with van der Waals surface area (Å²) in [4.78, 5) is 43.0. The summed E-state index contributed by atoms with van der Waals surface area (Å²) in [6.07, 6.45) is 5.14. The number of amides is 3. The van der Waals surface area contributed by atoms with E-state index in [2.05, 4.69) is 33.1 Å². The number of imide groups is 1. The number of nitrogens with zero attached hydrogens (tertiary/aromatic N) is 2. The van der Waals surface area contributed by atoms with Crippen molar-refractivity contribution in [1.82, 2.24) is 20.9 Å². The van der Waals surface area contributed by atoms with Crippen molar-refractivity contribution in [2.75, 3.05) is 33.2 Å². The zero-order valence-corrected chi connectivity index (χ0v) is 17.1. The highest BCUT2D eigenvalue weighted by atomic mass is 16.2. The largest absolute Gasteiger partial charge is 0.356 e. The van der Waals surface area contributed by atoms with E-state index >= 15 is 0 Å². The van der Waals surface area contributed by atoms with E-state index in [9.17, 15) is 14.4 Å². The zero-order valence-electron chi connectivity index (χ0n) is 17.1. The Labute approximate surface area is 166 Å². The Kier molecular flexibility index (Phi) is 5.76. The molecule has 0 aromatic carbocycles. The van der Waals surface area contributed by atoms with E-state index in [0.717, 1.165) is 6.42 Å². The predicted molar refractivity (Wildman–Crippen MR) is 106 cm³/mol. The highest BCUT2D eigenvalue weighted by molar-refractivity contribution is 6.06. The quantitative estimate of drug-likeness (QED) is 0.248. The third-order valence-corrected chi connectivity index (χ3v) is 6.06. The maximum atomic E-state index is 12.7. The van der Waals surface area contributed by atoms with Crippen LogP contribution in [0.5, 0.6) is 0 Å². The van der Waals surface area contributed by atoms with Crippen LogP contribution in [0.25, 0.3) is 0 Å². The Hall–Kier alpha value is -2.38. The fraction of sp³-hybridized carbons (Fsp3) is 0.700. The molecule has 8 nitrogen and oxygen atoms in total. The van der Waals surface area contributed by atoms with E-state index in [1.54, 1.807) is 7.05 Å². The number of fused-ring (bicyclic) bond motifs is 5. The number of rotatable bonds is 7. The first-order valence-corrected chi connectivity index (χ1v) is 10.1. The molecular formula is C20H31N5O3. The van der Waals surface area contributed by atoms with Gasteiger partial charge in [-0.2, -0.15) is 0 Å². The molecule has 0 aromatic rings. The van der Waals surface area contributed by atoms with E-state index < -0.39 is 5.41 Å². The minimum absolute atomic E-state index is 0.0269. The van der Waals surface area contributed by atoms with Crippen LogP contribution in [0.4, 0.5) is 0 Å². The standard InChI is InChI=1S/C20H31N5O3/c1-5-22-18(28)20(2,3)11-24-19(21-4)23-8-9-25-16(26)14-12-6-7-13(10-12)15(14)17(25)27/h6-7,12-15H,5,8-11H2,1-4H3,(H,22,28)(H2,21,23,24). The van der Waals surface area contributed by atoms with Crippen molar-refractivity contribution in [3.8, 4) is 0 Å². The Morgan fingerprint density at radius 3 is 2.29 bits per heavy atom. The Morgan fingerprint density at radius 2 is 1.75 bits per heavy atom. The van der Waals surface area contributed by atoms with Crippen LogP contribution in [-0.4, -0.2) is 61.8 Å². The number of allylic oxidation sites excluding steroid dienone is 2. The van der Waals surface area contributed by atoms with Gasteiger partial charge in [0, 0.05) is 33.2 Å². The van der Waals surface area contributed by atoms with E-state index in [0.29, 0.717) is 32.1 Å². The van der Waals surface area contributed by atoms with Gasteiger partial charge < -0.3 is 16.0 Å². The lowest BCUT2D eigenvalue weighted by atomic mass is 9.85. The number of carbonyl (C=O) groups excluding carboxylic acids is 3. The van der Waals surface area contributed by atoms with Gasteiger partial charge >= 0.3 is 0 Å². The molecule has 1 aliphatic heterocycles. The summed E-state index contributed by atoms with van der Waals surface area (Å²) in [6, 6.07) is 0. The molecule has 154 valence electrons. The number of nitrogens with one attached hydrogen (secondary N) is 3. The van der Waals surface area contributed by atoms with E-state index in [-0.39, 0.29) is 41.4 Å².